The van der Waals surface area contributed by atoms with E-state index in [0.29, 0.717) is 0 Å². The van der Waals surface area contributed by atoms with Crippen molar-refractivity contribution < 1.29 is 13.3 Å². The number of hydrogen-bond acceptors (Lipinski definition) is 3. The maximum Gasteiger partial charge on any atom is 0.147 e. The molecule has 3 heteroatoms. The summed E-state index contributed by atoms with van der Waals surface area (Å²) in [5.41, 5.74) is 12.0. The highest BCUT2D eigenvalue weighted by atomic mass is 16.3. The van der Waals surface area contributed by atoms with Crippen molar-refractivity contribution in [3.05, 3.63) is 170 Å². The smallest absolute Gasteiger partial charge is 0.147 e. The molecule has 0 bridgehead atoms. The van der Waals surface area contributed by atoms with Crippen molar-refractivity contribution >= 4 is 87.4 Å². The molecule has 12 aromatic rings. The lowest BCUT2D eigenvalue weighted by Gasteiger charge is -2.18. The van der Waals surface area contributed by atoms with Gasteiger partial charge in [0.15, 0.2) is 0 Å². The van der Waals surface area contributed by atoms with Gasteiger partial charge in [0.05, 0.1) is 5.56 Å². The average molecular weight is 677 g/mol. The van der Waals surface area contributed by atoms with Crippen LogP contribution in [0.25, 0.3) is 121 Å². The molecule has 0 amide bonds. The number of hydrogen-bond donors (Lipinski definition) is 0. The fourth-order valence-electron chi connectivity index (χ4n) is 8.71. The van der Waals surface area contributed by atoms with E-state index in [9.17, 15) is 0 Å². The van der Waals surface area contributed by atoms with Crippen molar-refractivity contribution in [3.8, 4) is 33.4 Å². The van der Waals surface area contributed by atoms with Gasteiger partial charge in [-0.1, -0.05) is 133 Å². The maximum absolute atomic E-state index is 6.79. The van der Waals surface area contributed by atoms with Crippen molar-refractivity contribution in [2.24, 2.45) is 0 Å². The molecule has 9 aromatic carbocycles. The summed E-state index contributed by atoms with van der Waals surface area (Å²) in [5.74, 6) is 0. The van der Waals surface area contributed by atoms with Crippen molar-refractivity contribution in [2.45, 2.75) is 0 Å². The molecule has 53 heavy (non-hydrogen) atoms. The predicted molar refractivity (Wildman–Crippen MR) is 220 cm³/mol. The van der Waals surface area contributed by atoms with E-state index in [1.807, 2.05) is 24.3 Å². The Labute approximate surface area is 302 Å². The molecule has 0 saturated carbocycles. The van der Waals surface area contributed by atoms with Gasteiger partial charge >= 0.3 is 0 Å². The van der Waals surface area contributed by atoms with Crippen LogP contribution in [0.3, 0.4) is 0 Å². The normalized spacial score (nSPS) is 12.2. The van der Waals surface area contributed by atoms with E-state index in [4.69, 9.17) is 13.3 Å². The van der Waals surface area contributed by atoms with Crippen molar-refractivity contribution in [1.82, 2.24) is 0 Å². The number of furan rings is 3. The van der Waals surface area contributed by atoms with Gasteiger partial charge in [0.25, 0.3) is 0 Å². The van der Waals surface area contributed by atoms with Crippen molar-refractivity contribution in [1.29, 1.82) is 0 Å². The second-order valence-corrected chi connectivity index (χ2v) is 13.9. The van der Waals surface area contributed by atoms with Crippen LogP contribution >= 0.6 is 0 Å². The summed E-state index contributed by atoms with van der Waals surface area (Å²) < 4.78 is 19.7. The predicted octanol–water partition coefficient (Wildman–Crippen LogP) is 14.7. The lowest BCUT2D eigenvalue weighted by molar-refractivity contribution is 0.658. The van der Waals surface area contributed by atoms with E-state index in [2.05, 4.69) is 146 Å². The summed E-state index contributed by atoms with van der Waals surface area (Å²) in [6, 6.07) is 60.1. The standard InChI is InChI=1S/C50H28O3/c1-3-16-37-35(14-1)46(30-23-21-29(22-24-30)31-25-26-45-39(27-31)32-11-5-8-18-42(32)51-45)36-15-2-4-17-38(36)47(37)48-49-40(33-12-6-9-19-43(33)52-49)28-41-34-13-7-10-20-44(34)53-50(41)48/h1-28H. The first-order valence-corrected chi connectivity index (χ1v) is 18.0. The van der Waals surface area contributed by atoms with Crippen LogP contribution < -0.4 is 0 Å². The molecule has 3 aromatic heterocycles. The van der Waals surface area contributed by atoms with Gasteiger partial charge in [0.2, 0.25) is 0 Å². The Morgan fingerprint density at radius 2 is 0.623 bits per heavy atom. The summed E-state index contributed by atoms with van der Waals surface area (Å²) in [6.45, 7) is 0. The fraction of sp³-hybridized carbons (Fsp3) is 0. The van der Waals surface area contributed by atoms with Gasteiger partial charge in [-0.2, -0.15) is 0 Å². The second kappa shape index (κ2) is 10.7. The summed E-state index contributed by atoms with van der Waals surface area (Å²) in [7, 11) is 0. The Kier molecular flexibility index (Phi) is 5.77. The Morgan fingerprint density at radius 3 is 1.17 bits per heavy atom. The Balaban J connectivity index is 1.12. The molecule has 0 unspecified atom stereocenters. The molecule has 0 radical (unpaired) electrons. The zero-order valence-electron chi connectivity index (χ0n) is 28.4. The Bertz CT molecular complexity index is 3300. The number of para-hydroxylation sites is 3. The minimum Gasteiger partial charge on any atom is -0.456 e. The second-order valence-electron chi connectivity index (χ2n) is 13.9. The SMILES string of the molecule is c1ccc2c(c1)oc1ccc(-c3ccc(-c4c5ccccc5c(-c5c6oc7ccccc7c6cc6c5oc5ccccc56)c5ccccc45)cc3)cc12. The van der Waals surface area contributed by atoms with Gasteiger partial charge in [-0.3, -0.25) is 0 Å². The van der Waals surface area contributed by atoms with Gasteiger partial charge in [-0.05, 0) is 80.2 Å². The van der Waals surface area contributed by atoms with Crippen LogP contribution in [0.5, 0.6) is 0 Å². The topological polar surface area (TPSA) is 39.4 Å². The first-order chi connectivity index (χ1) is 26.3. The largest absolute Gasteiger partial charge is 0.456 e. The quantitative estimate of drug-likeness (QED) is 0.175. The Morgan fingerprint density at radius 1 is 0.226 bits per heavy atom. The maximum atomic E-state index is 6.79. The molecule has 246 valence electrons. The zero-order chi connectivity index (χ0) is 34.6. The highest BCUT2D eigenvalue weighted by molar-refractivity contribution is 6.29. The van der Waals surface area contributed by atoms with Crippen LogP contribution in [0, 0.1) is 0 Å². The molecule has 3 nitrogen and oxygen atoms in total. The fourth-order valence-corrected chi connectivity index (χ4v) is 8.71. The zero-order valence-corrected chi connectivity index (χ0v) is 28.4. The number of rotatable bonds is 3. The van der Waals surface area contributed by atoms with E-state index in [-0.39, 0.29) is 0 Å². The van der Waals surface area contributed by atoms with Crippen LogP contribution in [0.1, 0.15) is 0 Å². The van der Waals surface area contributed by atoms with Crippen LogP contribution in [0.15, 0.2) is 183 Å². The van der Waals surface area contributed by atoms with E-state index < -0.39 is 0 Å². The van der Waals surface area contributed by atoms with E-state index in [0.717, 1.165) is 98.8 Å². The first kappa shape index (κ1) is 28.6. The van der Waals surface area contributed by atoms with Gasteiger partial charge in [0.1, 0.15) is 33.5 Å². The summed E-state index contributed by atoms with van der Waals surface area (Å²) in [6.07, 6.45) is 0. The highest BCUT2D eigenvalue weighted by Crippen LogP contribution is 2.50. The lowest BCUT2D eigenvalue weighted by Crippen LogP contribution is -1.92. The van der Waals surface area contributed by atoms with Gasteiger partial charge in [-0.15, -0.1) is 0 Å². The number of fused-ring (bicyclic) bond motifs is 11. The number of benzene rings is 9. The van der Waals surface area contributed by atoms with Crippen molar-refractivity contribution in [2.75, 3.05) is 0 Å². The average Bonchev–Trinajstić information content (AvgIpc) is 3.90. The molecule has 0 spiro atoms. The third-order valence-electron chi connectivity index (χ3n) is 11.1. The van der Waals surface area contributed by atoms with Crippen molar-refractivity contribution in [3.63, 3.8) is 0 Å². The molecule has 12 rings (SSSR count). The van der Waals surface area contributed by atoms with Crippen LogP contribution in [0.4, 0.5) is 0 Å². The summed E-state index contributed by atoms with van der Waals surface area (Å²) >= 11 is 0. The molecule has 0 saturated heterocycles. The molecule has 0 aliphatic rings. The third-order valence-corrected chi connectivity index (χ3v) is 11.1. The molecule has 0 fully saturated rings. The molecule has 3 heterocycles. The van der Waals surface area contributed by atoms with E-state index in [1.54, 1.807) is 0 Å². The molecule has 0 atom stereocenters. The lowest BCUT2D eigenvalue weighted by atomic mass is 9.85. The molecule has 0 aliphatic carbocycles. The molecule has 0 N–H and O–H groups in total. The molecular formula is C50H28O3. The van der Waals surface area contributed by atoms with Crippen LogP contribution in [-0.4, -0.2) is 0 Å². The first-order valence-electron chi connectivity index (χ1n) is 18.0. The third kappa shape index (κ3) is 4.05. The summed E-state index contributed by atoms with van der Waals surface area (Å²) in [4.78, 5) is 0. The molecule has 0 aliphatic heterocycles. The van der Waals surface area contributed by atoms with Crippen LogP contribution in [-0.2, 0) is 0 Å². The Hall–Kier alpha value is -7.10. The summed E-state index contributed by atoms with van der Waals surface area (Å²) in [5, 5.41) is 11.3. The monoisotopic (exact) mass is 676 g/mol. The van der Waals surface area contributed by atoms with Gasteiger partial charge < -0.3 is 13.3 Å². The minimum atomic E-state index is 0.840. The highest BCUT2D eigenvalue weighted by Gasteiger charge is 2.25. The van der Waals surface area contributed by atoms with E-state index in [1.165, 1.54) is 21.9 Å². The molecular weight excluding hydrogens is 649 g/mol. The van der Waals surface area contributed by atoms with E-state index >= 15 is 0 Å². The van der Waals surface area contributed by atoms with Gasteiger partial charge in [0, 0.05) is 37.9 Å². The minimum absolute atomic E-state index is 0.840. The van der Waals surface area contributed by atoms with Crippen LogP contribution in [0.2, 0.25) is 0 Å². The van der Waals surface area contributed by atoms with Gasteiger partial charge in [-0.25, -0.2) is 0 Å².